The Labute approximate surface area is 163 Å². The van der Waals surface area contributed by atoms with Gasteiger partial charge in [-0.05, 0) is 29.3 Å². The summed E-state index contributed by atoms with van der Waals surface area (Å²) in [6, 6.07) is 14.0. The van der Waals surface area contributed by atoms with Gasteiger partial charge in [0.05, 0.1) is 19.2 Å². The van der Waals surface area contributed by atoms with Crippen molar-refractivity contribution in [3.05, 3.63) is 70.8 Å². The van der Waals surface area contributed by atoms with Crippen LogP contribution in [0.3, 0.4) is 0 Å². The van der Waals surface area contributed by atoms with Gasteiger partial charge in [-0.2, -0.15) is 0 Å². The van der Waals surface area contributed by atoms with Crippen LogP contribution in [-0.2, 0) is 22.6 Å². The van der Waals surface area contributed by atoms with E-state index in [0.717, 1.165) is 24.5 Å². The summed E-state index contributed by atoms with van der Waals surface area (Å²) in [5.74, 6) is -0.995. The smallest absolute Gasteiger partial charge is 0.337 e. The van der Waals surface area contributed by atoms with Crippen LogP contribution in [0, 0.1) is 0 Å². The Morgan fingerprint density at radius 1 is 1.07 bits per heavy atom. The van der Waals surface area contributed by atoms with E-state index in [0.29, 0.717) is 24.2 Å². The summed E-state index contributed by atoms with van der Waals surface area (Å²) in [6.45, 7) is 0.700. The average molecular weight is 388 g/mol. The summed E-state index contributed by atoms with van der Waals surface area (Å²) < 4.78 is 4.72. The van der Waals surface area contributed by atoms with Crippen LogP contribution >= 0.6 is 0 Å². The van der Waals surface area contributed by atoms with Gasteiger partial charge in [0.1, 0.15) is 6.29 Å². The minimum absolute atomic E-state index is 0.0513. The van der Waals surface area contributed by atoms with Crippen LogP contribution in [0.4, 0.5) is 0 Å². The highest BCUT2D eigenvalue weighted by atomic mass is 16.5. The van der Waals surface area contributed by atoms with Gasteiger partial charge in [-0.25, -0.2) is 10.3 Å². The highest BCUT2D eigenvalue weighted by molar-refractivity contribution is 5.89. The van der Waals surface area contributed by atoms with Crippen LogP contribution in [0.1, 0.15) is 31.8 Å². The summed E-state index contributed by atoms with van der Waals surface area (Å²) >= 11 is 0. The molecule has 1 amide bonds. The van der Waals surface area contributed by atoms with Gasteiger partial charge in [0.2, 0.25) is 0 Å². The van der Waals surface area contributed by atoms with Crippen molar-refractivity contribution in [1.29, 1.82) is 0 Å². The Morgan fingerprint density at radius 2 is 1.68 bits per heavy atom. The van der Waals surface area contributed by atoms with Crippen molar-refractivity contribution in [3.8, 4) is 0 Å². The fourth-order valence-corrected chi connectivity index (χ4v) is 2.60. The maximum absolute atomic E-state index is 11.7. The van der Waals surface area contributed by atoms with Crippen LogP contribution in [0.2, 0.25) is 0 Å². The third-order valence-electron chi connectivity index (χ3n) is 3.74. The van der Waals surface area contributed by atoms with Gasteiger partial charge in [0.25, 0.3) is 5.91 Å². The van der Waals surface area contributed by atoms with Gasteiger partial charge in [0.15, 0.2) is 0 Å². The minimum atomic E-state index is -0.555. The third kappa shape index (κ3) is 7.28. The van der Waals surface area contributed by atoms with E-state index in [1.54, 1.807) is 46.8 Å². The molecule has 0 aromatic heterocycles. The van der Waals surface area contributed by atoms with Crippen LogP contribution in [0.5, 0.6) is 0 Å². The second-order valence-corrected chi connectivity index (χ2v) is 5.73. The summed E-state index contributed by atoms with van der Waals surface area (Å²) in [5.41, 5.74) is 4.24. The molecule has 8 nitrogen and oxygen atoms in total. The number of nitrogens with zero attached hydrogens (tertiary/aromatic N) is 1. The normalized spacial score (nSPS) is 9.89. The number of hydrogen-bond donors (Lipinski definition) is 3. The van der Waals surface area contributed by atoms with Gasteiger partial charge in [-0.1, -0.05) is 30.3 Å². The number of amides is 1. The number of aliphatic hydroxyl groups excluding tert-OH is 1. The number of carbonyl (C=O) groups excluding carboxylic acids is 3. The average Bonchev–Trinajstić information content (AvgIpc) is 2.74. The van der Waals surface area contributed by atoms with Crippen molar-refractivity contribution in [2.75, 3.05) is 20.8 Å². The van der Waals surface area contributed by atoms with E-state index in [9.17, 15) is 14.4 Å². The molecular weight excluding hydrogens is 364 g/mol. The molecule has 2 rings (SSSR count). The predicted molar refractivity (Wildman–Crippen MR) is 102 cm³/mol. The van der Waals surface area contributed by atoms with Gasteiger partial charge < -0.3 is 9.84 Å². The molecule has 0 saturated carbocycles. The molecule has 0 aliphatic carbocycles. The van der Waals surface area contributed by atoms with Crippen LogP contribution in [0.25, 0.3) is 0 Å². The lowest BCUT2D eigenvalue weighted by Gasteiger charge is -2.22. The molecular formula is C20H24N2O6. The Morgan fingerprint density at radius 3 is 2.25 bits per heavy atom. The first kappa shape index (κ1) is 23.0. The zero-order chi connectivity index (χ0) is 20.9. The van der Waals surface area contributed by atoms with E-state index in [-0.39, 0.29) is 6.54 Å². The molecule has 150 valence electrons. The molecule has 2 aromatic rings. The monoisotopic (exact) mass is 388 g/mol. The van der Waals surface area contributed by atoms with Gasteiger partial charge in [-0.3, -0.25) is 19.7 Å². The van der Waals surface area contributed by atoms with E-state index in [2.05, 4.69) is 0 Å². The molecule has 0 saturated heterocycles. The number of methoxy groups -OCH3 is 1. The Kier molecular flexibility index (Phi) is 10.1. The summed E-state index contributed by atoms with van der Waals surface area (Å²) in [4.78, 5) is 36.0. The van der Waals surface area contributed by atoms with Crippen molar-refractivity contribution in [2.45, 2.75) is 13.1 Å². The second-order valence-electron chi connectivity index (χ2n) is 5.73. The number of hydrogen-bond acceptors (Lipinski definition) is 7. The Hall–Kier alpha value is -3.07. The molecule has 3 N–H and O–H groups in total. The second kappa shape index (κ2) is 12.3. The number of esters is 1. The highest BCUT2D eigenvalue weighted by Crippen LogP contribution is 2.13. The first-order chi connectivity index (χ1) is 13.5. The lowest BCUT2D eigenvalue weighted by atomic mass is 10.1. The topological polar surface area (TPSA) is 116 Å². The number of aldehydes is 1. The fourth-order valence-electron chi connectivity index (χ4n) is 2.60. The summed E-state index contributed by atoms with van der Waals surface area (Å²) in [6.07, 6.45) is 0.758. The molecule has 0 unspecified atom stereocenters. The molecule has 0 heterocycles. The maximum Gasteiger partial charge on any atom is 0.337 e. The van der Waals surface area contributed by atoms with Gasteiger partial charge >= 0.3 is 5.97 Å². The van der Waals surface area contributed by atoms with Crippen molar-refractivity contribution >= 4 is 18.2 Å². The standard InChI is InChI=1S/C19H20N2O5.CH4O/c1-26-19(24)17-7-3-5-15(9-17)11-21(12-18(23)20-25)10-14-4-2-6-16(8-14)13-22;1-2/h2-9,13,25H,10-12H2,1H3,(H,20,23);2H,1H3. The zero-order valence-electron chi connectivity index (χ0n) is 15.8. The van der Waals surface area contributed by atoms with Crippen molar-refractivity contribution < 1.29 is 29.4 Å². The molecule has 0 aliphatic rings. The van der Waals surface area contributed by atoms with Crippen molar-refractivity contribution in [1.82, 2.24) is 10.4 Å². The lowest BCUT2D eigenvalue weighted by molar-refractivity contribution is -0.130. The zero-order valence-corrected chi connectivity index (χ0v) is 15.8. The van der Waals surface area contributed by atoms with E-state index < -0.39 is 11.9 Å². The van der Waals surface area contributed by atoms with Crippen molar-refractivity contribution in [3.63, 3.8) is 0 Å². The SMILES string of the molecule is CO.COC(=O)c1cccc(CN(CC(=O)NO)Cc2cccc(C=O)c2)c1. The largest absolute Gasteiger partial charge is 0.465 e. The van der Waals surface area contributed by atoms with E-state index >= 15 is 0 Å². The Balaban J connectivity index is 0.00000190. The van der Waals surface area contributed by atoms with Crippen molar-refractivity contribution in [2.24, 2.45) is 0 Å². The molecule has 0 atom stereocenters. The molecule has 0 aliphatic heterocycles. The van der Waals surface area contributed by atoms with Crippen LogP contribution < -0.4 is 5.48 Å². The number of hydroxylamine groups is 1. The van der Waals surface area contributed by atoms with E-state index in [1.165, 1.54) is 7.11 Å². The van der Waals surface area contributed by atoms with E-state index in [1.807, 2.05) is 12.1 Å². The quantitative estimate of drug-likeness (QED) is 0.271. The lowest BCUT2D eigenvalue weighted by Crippen LogP contribution is -2.35. The molecule has 28 heavy (non-hydrogen) atoms. The molecule has 8 heteroatoms. The first-order valence-electron chi connectivity index (χ1n) is 8.37. The van der Waals surface area contributed by atoms with Crippen LogP contribution in [0.15, 0.2) is 48.5 Å². The maximum atomic E-state index is 11.7. The summed E-state index contributed by atoms with van der Waals surface area (Å²) in [7, 11) is 2.31. The number of ether oxygens (including phenoxy) is 1. The van der Waals surface area contributed by atoms with Gasteiger partial charge in [-0.15, -0.1) is 0 Å². The fraction of sp³-hybridized carbons (Fsp3) is 0.250. The number of aliphatic hydroxyl groups is 1. The molecule has 0 spiro atoms. The van der Waals surface area contributed by atoms with Gasteiger partial charge in [0, 0.05) is 25.8 Å². The molecule has 0 fully saturated rings. The number of rotatable bonds is 8. The van der Waals surface area contributed by atoms with Crippen LogP contribution in [-0.4, -0.2) is 54.1 Å². The van der Waals surface area contributed by atoms with E-state index in [4.69, 9.17) is 15.1 Å². The molecule has 2 aromatic carbocycles. The first-order valence-corrected chi connectivity index (χ1v) is 8.37. The number of benzene rings is 2. The third-order valence-corrected chi connectivity index (χ3v) is 3.74. The molecule has 0 radical (unpaired) electrons. The Bertz CT molecular complexity index is 794. The summed E-state index contributed by atoms with van der Waals surface area (Å²) in [5, 5.41) is 15.8. The number of nitrogens with one attached hydrogen (secondary N) is 1. The minimum Gasteiger partial charge on any atom is -0.465 e. The molecule has 0 bridgehead atoms. The number of carbonyl (C=O) groups is 3. The predicted octanol–water partition coefficient (Wildman–Crippen LogP) is 1.40. The highest BCUT2D eigenvalue weighted by Gasteiger charge is 2.13.